The highest BCUT2D eigenvalue weighted by molar-refractivity contribution is 7.13. The quantitative estimate of drug-likeness (QED) is 0.466. The van der Waals surface area contributed by atoms with Crippen LogP contribution in [0.15, 0.2) is 15.5 Å². The number of aromatic nitrogens is 1. The van der Waals surface area contributed by atoms with Crippen LogP contribution >= 0.6 is 11.3 Å². The van der Waals surface area contributed by atoms with Gasteiger partial charge in [0.25, 0.3) is 0 Å². The first-order valence-corrected chi connectivity index (χ1v) is 4.04. The SMILES string of the molecule is C=N/C(C)=N\c1scnc1C. The highest BCUT2D eigenvalue weighted by atomic mass is 32.1. The van der Waals surface area contributed by atoms with Crippen LogP contribution in [0.25, 0.3) is 0 Å². The van der Waals surface area contributed by atoms with Gasteiger partial charge in [-0.25, -0.2) is 15.0 Å². The maximum atomic E-state index is 4.18. The van der Waals surface area contributed by atoms with Crippen LogP contribution in [0.3, 0.4) is 0 Å². The van der Waals surface area contributed by atoms with Gasteiger partial charge in [0, 0.05) is 0 Å². The van der Waals surface area contributed by atoms with Crippen LogP contribution in [0.4, 0.5) is 5.00 Å². The minimum absolute atomic E-state index is 0.678. The van der Waals surface area contributed by atoms with Gasteiger partial charge in [-0.2, -0.15) is 0 Å². The van der Waals surface area contributed by atoms with E-state index in [4.69, 9.17) is 0 Å². The molecule has 1 aromatic heterocycles. The zero-order valence-corrected chi connectivity index (χ0v) is 7.35. The molecule has 1 aromatic rings. The Morgan fingerprint density at radius 3 is 2.91 bits per heavy atom. The maximum Gasteiger partial charge on any atom is 0.140 e. The summed E-state index contributed by atoms with van der Waals surface area (Å²) in [5.41, 5.74) is 2.71. The second-order valence-electron chi connectivity index (χ2n) is 2.06. The molecular formula is C7H9N3S. The molecule has 0 amide bonds. The van der Waals surface area contributed by atoms with Crippen LogP contribution < -0.4 is 0 Å². The Bertz CT molecular complexity index is 288. The van der Waals surface area contributed by atoms with Crippen molar-refractivity contribution in [2.45, 2.75) is 13.8 Å². The van der Waals surface area contributed by atoms with Crippen LogP contribution in [0.1, 0.15) is 12.6 Å². The van der Waals surface area contributed by atoms with E-state index in [1.165, 1.54) is 11.3 Å². The molecule has 0 fully saturated rings. The van der Waals surface area contributed by atoms with E-state index in [0.717, 1.165) is 10.7 Å². The number of rotatable bonds is 1. The molecule has 0 spiro atoms. The summed E-state index contributed by atoms with van der Waals surface area (Å²) in [7, 11) is 0. The van der Waals surface area contributed by atoms with Gasteiger partial charge < -0.3 is 0 Å². The first-order chi connectivity index (χ1) is 5.24. The Balaban J connectivity index is 2.94. The molecule has 0 atom stereocenters. The van der Waals surface area contributed by atoms with E-state index >= 15 is 0 Å². The Hall–Kier alpha value is -1.03. The number of aliphatic imine (C=N–C) groups is 2. The number of aryl methyl sites for hydroxylation is 1. The van der Waals surface area contributed by atoms with E-state index in [1.807, 2.05) is 13.8 Å². The predicted molar refractivity (Wildman–Crippen MR) is 49.2 cm³/mol. The van der Waals surface area contributed by atoms with Gasteiger partial charge in [-0.1, -0.05) is 0 Å². The number of amidine groups is 1. The molecule has 0 N–H and O–H groups in total. The van der Waals surface area contributed by atoms with Gasteiger partial charge in [0.1, 0.15) is 10.8 Å². The number of hydrogen-bond acceptors (Lipinski definition) is 3. The van der Waals surface area contributed by atoms with E-state index in [0.29, 0.717) is 5.84 Å². The minimum atomic E-state index is 0.678. The lowest BCUT2D eigenvalue weighted by Crippen LogP contribution is -1.80. The third-order valence-electron chi connectivity index (χ3n) is 1.21. The highest BCUT2D eigenvalue weighted by Crippen LogP contribution is 2.22. The highest BCUT2D eigenvalue weighted by Gasteiger charge is 1.97. The maximum absolute atomic E-state index is 4.18. The summed E-state index contributed by atoms with van der Waals surface area (Å²) in [5.74, 6) is 0.678. The average molecular weight is 167 g/mol. The fraction of sp³-hybridized carbons (Fsp3) is 0.286. The van der Waals surface area contributed by atoms with Crippen molar-refractivity contribution in [2.24, 2.45) is 9.98 Å². The molecular weight excluding hydrogens is 158 g/mol. The second-order valence-corrected chi connectivity index (χ2v) is 2.89. The molecule has 0 aromatic carbocycles. The summed E-state index contributed by atoms with van der Waals surface area (Å²) in [5, 5.41) is 0.912. The summed E-state index contributed by atoms with van der Waals surface area (Å²) in [4.78, 5) is 11.9. The number of hydrogen-bond donors (Lipinski definition) is 0. The first kappa shape index (κ1) is 8.07. The molecule has 0 aliphatic carbocycles. The fourth-order valence-corrected chi connectivity index (χ4v) is 1.30. The van der Waals surface area contributed by atoms with Gasteiger partial charge in [0.2, 0.25) is 0 Å². The molecule has 58 valence electrons. The van der Waals surface area contributed by atoms with Crippen molar-refractivity contribution in [3.63, 3.8) is 0 Å². The molecule has 0 saturated heterocycles. The summed E-state index contributed by atoms with van der Waals surface area (Å²) in [6.45, 7) is 7.11. The van der Waals surface area contributed by atoms with Gasteiger partial charge in [0.05, 0.1) is 11.2 Å². The average Bonchev–Trinajstić information content (AvgIpc) is 2.37. The van der Waals surface area contributed by atoms with E-state index in [-0.39, 0.29) is 0 Å². The molecule has 0 radical (unpaired) electrons. The lowest BCUT2D eigenvalue weighted by molar-refractivity contribution is 1.25. The van der Waals surface area contributed by atoms with Gasteiger partial charge in [-0.15, -0.1) is 11.3 Å². The van der Waals surface area contributed by atoms with Crippen molar-refractivity contribution in [3.05, 3.63) is 11.2 Å². The van der Waals surface area contributed by atoms with Gasteiger partial charge in [-0.3, -0.25) is 0 Å². The van der Waals surface area contributed by atoms with E-state index < -0.39 is 0 Å². The molecule has 1 heterocycles. The normalized spacial score (nSPS) is 11.6. The largest absolute Gasteiger partial charge is 0.249 e. The molecule has 11 heavy (non-hydrogen) atoms. The second kappa shape index (κ2) is 3.39. The topological polar surface area (TPSA) is 37.6 Å². The van der Waals surface area contributed by atoms with Gasteiger partial charge in [0.15, 0.2) is 0 Å². The van der Waals surface area contributed by atoms with Crippen molar-refractivity contribution >= 4 is 28.9 Å². The lowest BCUT2D eigenvalue weighted by atomic mass is 10.5. The molecule has 0 aliphatic rings. The molecule has 4 heteroatoms. The summed E-state index contributed by atoms with van der Waals surface area (Å²) in [6.07, 6.45) is 0. The molecule has 0 unspecified atom stereocenters. The van der Waals surface area contributed by atoms with Crippen LogP contribution in [0.5, 0.6) is 0 Å². The lowest BCUT2D eigenvalue weighted by Gasteiger charge is -1.89. The molecule has 3 nitrogen and oxygen atoms in total. The van der Waals surface area contributed by atoms with Crippen molar-refractivity contribution in [3.8, 4) is 0 Å². The minimum Gasteiger partial charge on any atom is -0.249 e. The van der Waals surface area contributed by atoms with Crippen molar-refractivity contribution < 1.29 is 0 Å². The van der Waals surface area contributed by atoms with E-state index in [2.05, 4.69) is 21.7 Å². The zero-order valence-electron chi connectivity index (χ0n) is 6.53. The Labute approximate surface area is 69.5 Å². The first-order valence-electron chi connectivity index (χ1n) is 3.16. The fourth-order valence-electron chi connectivity index (χ4n) is 0.585. The number of nitrogens with zero attached hydrogens (tertiary/aromatic N) is 3. The Kier molecular flexibility index (Phi) is 2.48. The van der Waals surface area contributed by atoms with Crippen molar-refractivity contribution in [2.75, 3.05) is 0 Å². The Morgan fingerprint density at radius 2 is 2.45 bits per heavy atom. The zero-order chi connectivity index (χ0) is 8.27. The van der Waals surface area contributed by atoms with Crippen molar-refractivity contribution in [1.82, 2.24) is 4.98 Å². The third-order valence-corrected chi connectivity index (χ3v) is 2.03. The van der Waals surface area contributed by atoms with Crippen LogP contribution in [0.2, 0.25) is 0 Å². The number of thiazole rings is 1. The van der Waals surface area contributed by atoms with Gasteiger partial charge in [-0.05, 0) is 20.6 Å². The monoisotopic (exact) mass is 167 g/mol. The Morgan fingerprint density at radius 1 is 1.73 bits per heavy atom. The summed E-state index contributed by atoms with van der Waals surface area (Å²) >= 11 is 1.51. The standard InChI is InChI=1S/C7H9N3S/c1-5-7(11-4-9-5)10-6(2)8-3/h4H,3H2,1-2H3/b10-6-. The van der Waals surface area contributed by atoms with Crippen LogP contribution in [0, 0.1) is 6.92 Å². The van der Waals surface area contributed by atoms with Crippen LogP contribution in [-0.4, -0.2) is 17.5 Å². The molecule has 0 saturated carbocycles. The summed E-state index contributed by atoms with van der Waals surface area (Å²) in [6, 6.07) is 0. The van der Waals surface area contributed by atoms with Gasteiger partial charge >= 0.3 is 0 Å². The molecule has 0 aliphatic heterocycles. The predicted octanol–water partition coefficient (Wildman–Crippen LogP) is 2.20. The smallest absolute Gasteiger partial charge is 0.140 e. The summed E-state index contributed by atoms with van der Waals surface area (Å²) < 4.78 is 0. The molecule has 0 bridgehead atoms. The van der Waals surface area contributed by atoms with E-state index in [9.17, 15) is 0 Å². The van der Waals surface area contributed by atoms with Crippen LogP contribution in [-0.2, 0) is 0 Å². The molecule has 1 rings (SSSR count). The van der Waals surface area contributed by atoms with E-state index in [1.54, 1.807) is 5.51 Å². The van der Waals surface area contributed by atoms with Crippen molar-refractivity contribution in [1.29, 1.82) is 0 Å². The third kappa shape index (κ3) is 1.94.